The van der Waals surface area contributed by atoms with Gasteiger partial charge in [0, 0.05) is 23.2 Å². The molecule has 102 valence electrons. The Labute approximate surface area is 124 Å². The van der Waals surface area contributed by atoms with Crippen LogP contribution in [0.5, 0.6) is 0 Å². The van der Waals surface area contributed by atoms with Crippen LogP contribution in [0.3, 0.4) is 0 Å². The fourth-order valence-corrected chi connectivity index (χ4v) is 2.06. The van der Waals surface area contributed by atoms with Crippen LogP contribution in [-0.4, -0.2) is 6.21 Å². The number of hydrogen-bond donors (Lipinski definition) is 1. The number of benzene rings is 3. The van der Waals surface area contributed by atoms with Gasteiger partial charge in [-0.15, -0.1) is 0 Å². The van der Waals surface area contributed by atoms with Gasteiger partial charge in [0.25, 0.3) is 0 Å². The van der Waals surface area contributed by atoms with E-state index >= 15 is 0 Å². The van der Waals surface area contributed by atoms with Gasteiger partial charge in [-0.3, -0.25) is 4.99 Å². The van der Waals surface area contributed by atoms with Crippen LogP contribution in [-0.2, 0) is 0 Å². The Bertz CT molecular complexity index is 719. The third-order valence-corrected chi connectivity index (χ3v) is 3.12. The molecule has 0 amide bonds. The monoisotopic (exact) mass is 272 g/mol. The molecule has 0 aliphatic heterocycles. The van der Waals surface area contributed by atoms with Crippen molar-refractivity contribution < 1.29 is 0 Å². The first kappa shape index (κ1) is 13.1. The van der Waals surface area contributed by atoms with Crippen molar-refractivity contribution in [1.82, 2.24) is 0 Å². The van der Waals surface area contributed by atoms with Crippen LogP contribution in [0.4, 0.5) is 17.1 Å². The number of hydrogen-bond acceptors (Lipinski definition) is 2. The molecule has 0 heterocycles. The smallest absolute Gasteiger partial charge is 0.0629 e. The first-order valence-corrected chi connectivity index (χ1v) is 6.92. The zero-order chi connectivity index (χ0) is 14.3. The highest BCUT2D eigenvalue weighted by Crippen LogP contribution is 2.20. The number of rotatable bonds is 4. The quantitative estimate of drug-likeness (QED) is 0.650. The van der Waals surface area contributed by atoms with Crippen LogP contribution in [0.1, 0.15) is 5.56 Å². The molecular weight excluding hydrogens is 256 g/mol. The molecule has 3 aromatic rings. The first-order chi connectivity index (χ1) is 10.4. The molecule has 1 N–H and O–H groups in total. The number of nitrogens with one attached hydrogen (secondary N) is 1. The maximum atomic E-state index is 4.51. The summed E-state index contributed by atoms with van der Waals surface area (Å²) in [6.07, 6.45) is 1.89. The standard InChI is InChI=1S/C19H16N2/c1-3-10-17(11-4-1)20-15-16-9-7-8-14-19(16)21-18-12-5-2-6-13-18/h1-15,21H/b20-15+. The molecule has 3 rings (SSSR count). The minimum absolute atomic E-state index is 0.951. The van der Waals surface area contributed by atoms with E-state index < -0.39 is 0 Å². The van der Waals surface area contributed by atoms with Gasteiger partial charge < -0.3 is 5.32 Å². The Balaban J connectivity index is 1.84. The molecule has 3 aromatic carbocycles. The predicted molar refractivity (Wildman–Crippen MR) is 89.9 cm³/mol. The predicted octanol–water partition coefficient (Wildman–Crippen LogP) is 5.18. The van der Waals surface area contributed by atoms with Gasteiger partial charge >= 0.3 is 0 Å². The Kier molecular flexibility index (Phi) is 4.08. The molecule has 21 heavy (non-hydrogen) atoms. The highest BCUT2D eigenvalue weighted by Gasteiger charge is 1.99. The van der Waals surface area contributed by atoms with E-state index in [2.05, 4.69) is 22.4 Å². The van der Waals surface area contributed by atoms with Crippen molar-refractivity contribution in [2.75, 3.05) is 5.32 Å². The lowest BCUT2D eigenvalue weighted by atomic mass is 10.2. The van der Waals surface area contributed by atoms with Crippen molar-refractivity contribution in [3.05, 3.63) is 90.5 Å². The first-order valence-electron chi connectivity index (χ1n) is 6.92. The van der Waals surface area contributed by atoms with Crippen LogP contribution in [0, 0.1) is 0 Å². The molecule has 0 atom stereocenters. The molecule has 0 unspecified atom stereocenters. The summed E-state index contributed by atoms with van der Waals surface area (Å²) in [6, 6.07) is 28.2. The highest BCUT2D eigenvalue weighted by molar-refractivity contribution is 5.90. The number of anilines is 2. The van der Waals surface area contributed by atoms with Crippen molar-refractivity contribution in [2.45, 2.75) is 0 Å². The van der Waals surface area contributed by atoms with E-state index in [-0.39, 0.29) is 0 Å². The molecular formula is C19H16N2. The van der Waals surface area contributed by atoms with Gasteiger partial charge in [0.2, 0.25) is 0 Å². The van der Waals surface area contributed by atoms with E-state index in [9.17, 15) is 0 Å². The lowest BCUT2D eigenvalue weighted by Gasteiger charge is -2.09. The molecule has 0 bridgehead atoms. The Morgan fingerprint density at radius 3 is 2.05 bits per heavy atom. The van der Waals surface area contributed by atoms with Crippen LogP contribution in [0.2, 0.25) is 0 Å². The summed E-state index contributed by atoms with van der Waals surface area (Å²) >= 11 is 0. The fraction of sp³-hybridized carbons (Fsp3) is 0. The average Bonchev–Trinajstić information content (AvgIpc) is 2.56. The second-order valence-electron chi connectivity index (χ2n) is 4.67. The van der Waals surface area contributed by atoms with Gasteiger partial charge in [-0.1, -0.05) is 54.6 Å². The molecule has 2 heteroatoms. The average molecular weight is 272 g/mol. The molecule has 0 spiro atoms. The van der Waals surface area contributed by atoms with E-state index in [1.807, 2.05) is 79.0 Å². The maximum absolute atomic E-state index is 4.51. The minimum Gasteiger partial charge on any atom is -0.355 e. The zero-order valence-corrected chi connectivity index (χ0v) is 11.6. The van der Waals surface area contributed by atoms with Crippen molar-refractivity contribution >= 4 is 23.3 Å². The normalized spacial score (nSPS) is 10.7. The van der Waals surface area contributed by atoms with Gasteiger partial charge in [0.05, 0.1) is 5.69 Å². The largest absolute Gasteiger partial charge is 0.355 e. The number of aliphatic imine (C=N–C) groups is 1. The topological polar surface area (TPSA) is 24.4 Å². The van der Waals surface area contributed by atoms with Crippen molar-refractivity contribution in [1.29, 1.82) is 0 Å². The SMILES string of the molecule is C(=N\c1ccccc1)/c1ccccc1Nc1ccccc1. The van der Waals surface area contributed by atoms with Crippen molar-refractivity contribution in [2.24, 2.45) is 4.99 Å². The van der Waals surface area contributed by atoms with Gasteiger partial charge in [0.15, 0.2) is 0 Å². The second kappa shape index (κ2) is 6.53. The molecule has 0 aliphatic rings. The van der Waals surface area contributed by atoms with Gasteiger partial charge in [-0.25, -0.2) is 0 Å². The summed E-state index contributed by atoms with van der Waals surface area (Å²) in [5.74, 6) is 0. The van der Waals surface area contributed by atoms with Crippen LogP contribution >= 0.6 is 0 Å². The summed E-state index contributed by atoms with van der Waals surface area (Å²) in [5, 5.41) is 3.42. The van der Waals surface area contributed by atoms with E-state index in [4.69, 9.17) is 0 Å². The molecule has 0 aromatic heterocycles. The lowest BCUT2D eigenvalue weighted by Crippen LogP contribution is -1.94. The second-order valence-corrected chi connectivity index (χ2v) is 4.67. The number of nitrogens with zero attached hydrogens (tertiary/aromatic N) is 1. The van der Waals surface area contributed by atoms with Crippen LogP contribution in [0.15, 0.2) is 89.9 Å². The third kappa shape index (κ3) is 3.57. The Hall–Kier alpha value is -2.87. The zero-order valence-electron chi connectivity index (χ0n) is 11.6. The van der Waals surface area contributed by atoms with E-state index in [0.29, 0.717) is 0 Å². The number of para-hydroxylation sites is 3. The summed E-state index contributed by atoms with van der Waals surface area (Å²) in [7, 11) is 0. The highest BCUT2D eigenvalue weighted by atomic mass is 14.9. The summed E-state index contributed by atoms with van der Waals surface area (Å²) in [6.45, 7) is 0. The van der Waals surface area contributed by atoms with Gasteiger partial charge in [0.1, 0.15) is 0 Å². The van der Waals surface area contributed by atoms with Crippen molar-refractivity contribution in [3.63, 3.8) is 0 Å². The van der Waals surface area contributed by atoms with E-state index in [1.165, 1.54) is 0 Å². The van der Waals surface area contributed by atoms with Gasteiger partial charge in [-0.05, 0) is 30.3 Å². The van der Waals surface area contributed by atoms with E-state index in [1.54, 1.807) is 0 Å². The van der Waals surface area contributed by atoms with Crippen LogP contribution < -0.4 is 5.32 Å². The summed E-state index contributed by atoms with van der Waals surface area (Å²) < 4.78 is 0. The van der Waals surface area contributed by atoms with Crippen molar-refractivity contribution in [3.8, 4) is 0 Å². The summed E-state index contributed by atoms with van der Waals surface area (Å²) in [4.78, 5) is 4.51. The molecule has 0 aliphatic carbocycles. The molecule has 0 radical (unpaired) electrons. The lowest BCUT2D eigenvalue weighted by molar-refractivity contribution is 1.50. The minimum atomic E-state index is 0.951. The summed E-state index contributed by atoms with van der Waals surface area (Å²) in [5.41, 5.74) is 4.12. The molecule has 0 fully saturated rings. The molecule has 0 saturated carbocycles. The molecule has 2 nitrogen and oxygen atoms in total. The van der Waals surface area contributed by atoms with Crippen LogP contribution in [0.25, 0.3) is 0 Å². The molecule has 0 saturated heterocycles. The van der Waals surface area contributed by atoms with E-state index in [0.717, 1.165) is 22.6 Å². The maximum Gasteiger partial charge on any atom is 0.0629 e. The Morgan fingerprint density at radius 2 is 1.29 bits per heavy atom. The fourth-order valence-electron chi connectivity index (χ4n) is 2.06. The Morgan fingerprint density at radius 1 is 0.667 bits per heavy atom. The third-order valence-electron chi connectivity index (χ3n) is 3.12. The van der Waals surface area contributed by atoms with Gasteiger partial charge in [-0.2, -0.15) is 0 Å².